The van der Waals surface area contributed by atoms with E-state index in [1.165, 1.54) is 19.3 Å². The van der Waals surface area contributed by atoms with Crippen molar-refractivity contribution in [2.45, 2.75) is 32.2 Å². The van der Waals surface area contributed by atoms with Gasteiger partial charge in [-0.2, -0.15) is 0 Å². The summed E-state index contributed by atoms with van der Waals surface area (Å²) in [6, 6.07) is 5.01. The van der Waals surface area contributed by atoms with Gasteiger partial charge in [0, 0.05) is 18.4 Å². The summed E-state index contributed by atoms with van der Waals surface area (Å²) in [7, 11) is 0. The van der Waals surface area contributed by atoms with Crippen molar-refractivity contribution in [3.05, 3.63) is 24.5 Å². The zero-order chi connectivity index (χ0) is 7.68. The van der Waals surface area contributed by atoms with E-state index in [9.17, 15) is 0 Å². The number of hydrogen-bond acceptors (Lipinski definition) is 0. The van der Waals surface area contributed by atoms with Crippen molar-refractivity contribution < 1.29 is 0 Å². The fourth-order valence-corrected chi connectivity index (χ4v) is 2.14. The Hall–Kier alpha value is -0.720. The zero-order valence-electron chi connectivity index (χ0n) is 7.03. The predicted molar refractivity (Wildman–Crippen MR) is 46.5 cm³/mol. The molecule has 0 spiro atoms. The van der Waals surface area contributed by atoms with Crippen molar-refractivity contribution in [1.82, 2.24) is 4.57 Å². The van der Waals surface area contributed by atoms with E-state index in [0.29, 0.717) is 0 Å². The molecule has 2 rings (SSSR count). The highest BCUT2D eigenvalue weighted by Crippen LogP contribution is 2.34. The fraction of sp³-hybridized carbons (Fsp3) is 0.600. The van der Waals surface area contributed by atoms with Gasteiger partial charge in [0.15, 0.2) is 0 Å². The summed E-state index contributed by atoms with van der Waals surface area (Å²) in [4.78, 5) is 0. The molecule has 1 fully saturated rings. The first-order chi connectivity index (χ1) is 5.38. The second-order valence-electron chi connectivity index (χ2n) is 3.61. The van der Waals surface area contributed by atoms with Crippen molar-refractivity contribution in [3.8, 4) is 0 Å². The molecule has 60 valence electrons. The summed E-state index contributed by atoms with van der Waals surface area (Å²) < 4.78 is 2.36. The first kappa shape index (κ1) is 6.96. The van der Waals surface area contributed by atoms with Crippen LogP contribution >= 0.6 is 0 Å². The van der Waals surface area contributed by atoms with Crippen LogP contribution in [0.4, 0.5) is 0 Å². The summed E-state index contributed by atoms with van der Waals surface area (Å²) in [5.41, 5.74) is 0. The third-order valence-corrected chi connectivity index (χ3v) is 2.83. The number of nitrogens with zero attached hydrogens (tertiary/aromatic N) is 1. The molecule has 0 radical (unpaired) electrons. The van der Waals surface area contributed by atoms with Gasteiger partial charge in [0.05, 0.1) is 0 Å². The van der Waals surface area contributed by atoms with Gasteiger partial charge in [0.1, 0.15) is 0 Å². The van der Waals surface area contributed by atoms with Crippen LogP contribution in [0, 0.1) is 5.92 Å². The Morgan fingerprint density at radius 1 is 1.18 bits per heavy atom. The van der Waals surface area contributed by atoms with Gasteiger partial charge in [-0.3, -0.25) is 0 Å². The monoisotopic (exact) mass is 149 g/mol. The van der Waals surface area contributed by atoms with E-state index in [4.69, 9.17) is 0 Å². The van der Waals surface area contributed by atoms with E-state index in [2.05, 4.69) is 36.0 Å². The second kappa shape index (κ2) is 2.72. The second-order valence-corrected chi connectivity index (χ2v) is 3.61. The molecule has 1 heteroatoms. The molecule has 0 aromatic carbocycles. The van der Waals surface area contributed by atoms with Crippen LogP contribution < -0.4 is 0 Å². The standard InChI is InChI=1S/C10H15N/c1-9-5-4-6-10(9)11-7-2-3-8-11/h2-3,7-10H,4-6H2,1H3/t9-,10-/m1/s1. The van der Waals surface area contributed by atoms with Gasteiger partial charge < -0.3 is 4.57 Å². The highest BCUT2D eigenvalue weighted by atomic mass is 15.0. The van der Waals surface area contributed by atoms with E-state index in [0.717, 1.165) is 12.0 Å². The Morgan fingerprint density at radius 3 is 2.45 bits per heavy atom. The molecule has 0 amide bonds. The lowest BCUT2D eigenvalue weighted by Gasteiger charge is -2.16. The first-order valence-electron chi connectivity index (χ1n) is 4.50. The molecular formula is C10H15N. The SMILES string of the molecule is C[C@@H]1CCC[C@H]1n1cccc1. The van der Waals surface area contributed by atoms with E-state index in [1.807, 2.05) is 0 Å². The van der Waals surface area contributed by atoms with Crippen LogP contribution in [-0.4, -0.2) is 4.57 Å². The maximum absolute atomic E-state index is 2.36. The topological polar surface area (TPSA) is 4.93 Å². The van der Waals surface area contributed by atoms with Crippen LogP contribution in [0.15, 0.2) is 24.5 Å². The predicted octanol–water partition coefficient (Wildman–Crippen LogP) is 2.85. The quantitative estimate of drug-likeness (QED) is 0.578. The molecule has 1 heterocycles. The summed E-state index contributed by atoms with van der Waals surface area (Å²) in [5, 5.41) is 0. The van der Waals surface area contributed by atoms with Gasteiger partial charge in [0.25, 0.3) is 0 Å². The molecule has 0 N–H and O–H groups in total. The Balaban J connectivity index is 2.16. The van der Waals surface area contributed by atoms with Crippen molar-refractivity contribution >= 4 is 0 Å². The minimum Gasteiger partial charge on any atom is -0.351 e. The highest BCUT2D eigenvalue weighted by Gasteiger charge is 2.23. The molecule has 0 bridgehead atoms. The average molecular weight is 149 g/mol. The first-order valence-corrected chi connectivity index (χ1v) is 4.50. The van der Waals surface area contributed by atoms with Crippen molar-refractivity contribution in [2.75, 3.05) is 0 Å². The summed E-state index contributed by atoms with van der Waals surface area (Å²) in [6.07, 6.45) is 8.56. The van der Waals surface area contributed by atoms with Gasteiger partial charge in [-0.15, -0.1) is 0 Å². The molecule has 0 saturated heterocycles. The Morgan fingerprint density at radius 2 is 1.91 bits per heavy atom. The van der Waals surface area contributed by atoms with E-state index in [-0.39, 0.29) is 0 Å². The van der Waals surface area contributed by atoms with E-state index < -0.39 is 0 Å². The van der Waals surface area contributed by atoms with Crippen molar-refractivity contribution in [1.29, 1.82) is 0 Å². The average Bonchev–Trinajstić information content (AvgIpc) is 2.55. The van der Waals surface area contributed by atoms with Gasteiger partial charge in [0.2, 0.25) is 0 Å². The molecule has 2 atom stereocenters. The zero-order valence-corrected chi connectivity index (χ0v) is 7.03. The summed E-state index contributed by atoms with van der Waals surface area (Å²) >= 11 is 0. The lowest BCUT2D eigenvalue weighted by Crippen LogP contribution is -2.08. The number of aromatic nitrogens is 1. The molecule has 1 nitrogen and oxygen atoms in total. The normalized spacial score (nSPS) is 31.0. The summed E-state index contributed by atoms with van der Waals surface area (Å²) in [6.45, 7) is 2.36. The third-order valence-electron chi connectivity index (χ3n) is 2.83. The van der Waals surface area contributed by atoms with Gasteiger partial charge in [-0.05, 0) is 30.9 Å². The molecule has 1 aliphatic rings. The van der Waals surface area contributed by atoms with Gasteiger partial charge >= 0.3 is 0 Å². The smallest absolute Gasteiger partial charge is 0.0356 e. The third kappa shape index (κ3) is 1.20. The maximum Gasteiger partial charge on any atom is 0.0356 e. The Kier molecular flexibility index (Phi) is 1.72. The molecule has 11 heavy (non-hydrogen) atoms. The van der Waals surface area contributed by atoms with E-state index in [1.54, 1.807) is 0 Å². The van der Waals surface area contributed by atoms with Crippen molar-refractivity contribution in [3.63, 3.8) is 0 Å². The lowest BCUT2D eigenvalue weighted by molar-refractivity contribution is 0.409. The maximum atomic E-state index is 2.36. The van der Waals surface area contributed by atoms with Crippen LogP contribution in [0.2, 0.25) is 0 Å². The van der Waals surface area contributed by atoms with Crippen LogP contribution in [0.1, 0.15) is 32.2 Å². The summed E-state index contributed by atoms with van der Waals surface area (Å²) in [5.74, 6) is 0.877. The van der Waals surface area contributed by atoms with Gasteiger partial charge in [-0.1, -0.05) is 13.3 Å². The van der Waals surface area contributed by atoms with E-state index >= 15 is 0 Å². The van der Waals surface area contributed by atoms with Crippen LogP contribution in [0.3, 0.4) is 0 Å². The Labute approximate surface area is 68.0 Å². The fourth-order valence-electron chi connectivity index (χ4n) is 2.14. The highest BCUT2D eigenvalue weighted by molar-refractivity contribution is 4.95. The molecule has 1 aliphatic carbocycles. The number of rotatable bonds is 1. The minimum absolute atomic E-state index is 0.782. The van der Waals surface area contributed by atoms with Crippen LogP contribution in [0.5, 0.6) is 0 Å². The molecule has 0 unspecified atom stereocenters. The molecule has 1 aromatic rings. The van der Waals surface area contributed by atoms with Gasteiger partial charge in [-0.25, -0.2) is 0 Å². The lowest BCUT2D eigenvalue weighted by atomic mass is 10.1. The van der Waals surface area contributed by atoms with Crippen LogP contribution in [-0.2, 0) is 0 Å². The molecule has 1 saturated carbocycles. The minimum atomic E-state index is 0.782. The molecule has 1 aromatic heterocycles. The number of hydrogen-bond donors (Lipinski definition) is 0. The van der Waals surface area contributed by atoms with Crippen LogP contribution in [0.25, 0.3) is 0 Å². The molecule has 0 aliphatic heterocycles. The molecular weight excluding hydrogens is 134 g/mol. The largest absolute Gasteiger partial charge is 0.351 e. The van der Waals surface area contributed by atoms with Crippen molar-refractivity contribution in [2.24, 2.45) is 5.92 Å². The Bertz CT molecular complexity index is 213.